The first-order valence-electron chi connectivity index (χ1n) is 8.22. The second-order valence-electron chi connectivity index (χ2n) is 5.53. The van der Waals surface area contributed by atoms with E-state index in [-0.39, 0.29) is 5.82 Å². The number of hydrogen-bond acceptors (Lipinski definition) is 3. The number of benzene rings is 2. The van der Waals surface area contributed by atoms with Gasteiger partial charge in [0, 0.05) is 23.5 Å². The van der Waals surface area contributed by atoms with Crippen LogP contribution in [0.5, 0.6) is 5.75 Å². The number of halogens is 1. The Morgan fingerprint density at radius 1 is 1.12 bits per heavy atom. The van der Waals surface area contributed by atoms with Gasteiger partial charge in [-0.05, 0) is 49.5 Å². The van der Waals surface area contributed by atoms with Gasteiger partial charge in [0.15, 0.2) is 10.9 Å². The normalized spacial score (nSPS) is 10.4. The lowest BCUT2D eigenvalue weighted by atomic mass is 10.2. The summed E-state index contributed by atoms with van der Waals surface area (Å²) in [6.07, 6.45) is 1.77. The molecule has 0 bridgehead atoms. The molecule has 0 saturated carbocycles. The van der Waals surface area contributed by atoms with Crippen LogP contribution in [0.1, 0.15) is 12.5 Å². The molecule has 0 atom stereocenters. The molecule has 0 amide bonds. The van der Waals surface area contributed by atoms with Gasteiger partial charge in [-0.25, -0.2) is 4.39 Å². The lowest BCUT2D eigenvalue weighted by Crippen LogP contribution is -2.19. The minimum absolute atomic E-state index is 0.245. The number of anilines is 2. The van der Waals surface area contributed by atoms with E-state index in [1.807, 2.05) is 31.2 Å². The minimum Gasteiger partial charge on any atom is -0.494 e. The van der Waals surface area contributed by atoms with Crippen LogP contribution in [0.3, 0.4) is 0 Å². The highest BCUT2D eigenvalue weighted by Crippen LogP contribution is 2.16. The van der Waals surface area contributed by atoms with Crippen molar-refractivity contribution in [3.63, 3.8) is 0 Å². The van der Waals surface area contributed by atoms with Gasteiger partial charge in [-0.3, -0.25) is 4.68 Å². The maximum atomic E-state index is 13.7. The Bertz CT molecular complexity index is 879. The van der Waals surface area contributed by atoms with Crippen molar-refractivity contribution in [2.75, 3.05) is 17.2 Å². The van der Waals surface area contributed by atoms with E-state index in [9.17, 15) is 4.39 Å². The molecule has 2 N–H and O–H groups in total. The van der Waals surface area contributed by atoms with Crippen molar-refractivity contribution in [2.45, 2.75) is 13.5 Å². The fourth-order valence-electron chi connectivity index (χ4n) is 2.40. The Hall–Kier alpha value is -2.93. The van der Waals surface area contributed by atoms with Crippen LogP contribution >= 0.6 is 12.2 Å². The van der Waals surface area contributed by atoms with Crippen LogP contribution in [-0.4, -0.2) is 21.5 Å². The molecular weight excluding hydrogens is 351 g/mol. The maximum absolute atomic E-state index is 13.7. The van der Waals surface area contributed by atoms with Crippen molar-refractivity contribution in [3.05, 3.63) is 72.2 Å². The Kier molecular flexibility index (Phi) is 5.80. The molecule has 5 nitrogen and oxygen atoms in total. The average Bonchev–Trinajstić information content (AvgIpc) is 3.06. The molecule has 0 saturated heterocycles. The second-order valence-corrected chi connectivity index (χ2v) is 5.93. The van der Waals surface area contributed by atoms with Crippen LogP contribution in [-0.2, 0) is 6.54 Å². The summed E-state index contributed by atoms with van der Waals surface area (Å²) in [4.78, 5) is 0. The molecule has 0 unspecified atom stereocenters. The van der Waals surface area contributed by atoms with Crippen LogP contribution in [0.4, 0.5) is 15.9 Å². The zero-order chi connectivity index (χ0) is 18.4. The molecule has 134 valence electrons. The Morgan fingerprint density at radius 3 is 2.62 bits per heavy atom. The van der Waals surface area contributed by atoms with Crippen LogP contribution in [0, 0.1) is 5.82 Å². The summed E-state index contributed by atoms with van der Waals surface area (Å²) in [5, 5.41) is 10.9. The molecule has 3 rings (SSSR count). The van der Waals surface area contributed by atoms with Crippen molar-refractivity contribution < 1.29 is 9.13 Å². The van der Waals surface area contributed by atoms with Crippen molar-refractivity contribution >= 4 is 28.8 Å². The highest BCUT2D eigenvalue weighted by Gasteiger charge is 2.05. The highest BCUT2D eigenvalue weighted by molar-refractivity contribution is 7.80. The summed E-state index contributed by atoms with van der Waals surface area (Å²) in [6.45, 7) is 2.92. The Morgan fingerprint density at radius 2 is 1.88 bits per heavy atom. The third-order valence-electron chi connectivity index (χ3n) is 3.60. The van der Waals surface area contributed by atoms with Gasteiger partial charge in [-0.1, -0.05) is 18.2 Å². The molecule has 7 heteroatoms. The quantitative estimate of drug-likeness (QED) is 0.635. The summed E-state index contributed by atoms with van der Waals surface area (Å²) < 4.78 is 20.8. The summed E-state index contributed by atoms with van der Waals surface area (Å²) in [7, 11) is 0. The Balaban J connectivity index is 1.56. The number of ether oxygens (including phenoxy) is 1. The fraction of sp³-hybridized carbons (Fsp3) is 0.158. The van der Waals surface area contributed by atoms with E-state index >= 15 is 0 Å². The van der Waals surface area contributed by atoms with Crippen molar-refractivity contribution in [1.29, 1.82) is 0 Å². The standard InChI is InChI=1S/C19H19FN4OS/c1-2-25-16-9-7-15(8-10-16)21-19(26)22-18-11-12-24(23-18)13-14-5-3-4-6-17(14)20/h3-12H,2,13H2,1H3,(H2,21,22,23,26). The minimum atomic E-state index is -0.245. The van der Waals surface area contributed by atoms with Gasteiger partial charge in [-0.2, -0.15) is 5.10 Å². The van der Waals surface area contributed by atoms with Crippen LogP contribution in [0.25, 0.3) is 0 Å². The first kappa shape index (κ1) is 17.9. The summed E-state index contributed by atoms with van der Waals surface area (Å²) in [5.41, 5.74) is 1.42. The lowest BCUT2D eigenvalue weighted by molar-refractivity contribution is 0.340. The molecule has 26 heavy (non-hydrogen) atoms. The van der Waals surface area contributed by atoms with Gasteiger partial charge in [0.2, 0.25) is 0 Å². The molecule has 0 spiro atoms. The lowest BCUT2D eigenvalue weighted by Gasteiger charge is -2.09. The number of rotatable bonds is 6. The van der Waals surface area contributed by atoms with Gasteiger partial charge in [-0.15, -0.1) is 0 Å². The molecule has 0 aliphatic rings. The predicted molar refractivity (Wildman–Crippen MR) is 105 cm³/mol. The zero-order valence-corrected chi connectivity index (χ0v) is 15.1. The van der Waals surface area contributed by atoms with Crippen LogP contribution in [0.2, 0.25) is 0 Å². The van der Waals surface area contributed by atoms with Crippen molar-refractivity contribution in [2.24, 2.45) is 0 Å². The molecule has 3 aromatic rings. The molecule has 2 aromatic carbocycles. The van der Waals surface area contributed by atoms with Crippen LogP contribution in [0.15, 0.2) is 60.8 Å². The highest BCUT2D eigenvalue weighted by atomic mass is 32.1. The third kappa shape index (κ3) is 4.80. The van der Waals surface area contributed by atoms with E-state index in [1.165, 1.54) is 6.07 Å². The SMILES string of the molecule is CCOc1ccc(NC(=S)Nc2ccn(Cc3ccccc3F)n2)cc1. The summed E-state index contributed by atoms with van der Waals surface area (Å²) >= 11 is 5.30. The number of hydrogen-bond donors (Lipinski definition) is 2. The van der Waals surface area contributed by atoms with E-state index in [2.05, 4.69) is 15.7 Å². The number of aromatic nitrogens is 2. The smallest absolute Gasteiger partial charge is 0.176 e. The summed E-state index contributed by atoms with van der Waals surface area (Å²) in [6, 6.07) is 15.9. The van der Waals surface area contributed by atoms with E-state index in [4.69, 9.17) is 17.0 Å². The van der Waals surface area contributed by atoms with E-state index < -0.39 is 0 Å². The molecule has 0 radical (unpaired) electrons. The Labute approximate surface area is 156 Å². The van der Waals surface area contributed by atoms with Crippen LogP contribution < -0.4 is 15.4 Å². The van der Waals surface area contributed by atoms with Gasteiger partial charge >= 0.3 is 0 Å². The third-order valence-corrected chi connectivity index (χ3v) is 3.80. The molecule has 0 aliphatic carbocycles. The van der Waals surface area contributed by atoms with Gasteiger partial charge < -0.3 is 15.4 Å². The number of nitrogens with zero attached hydrogens (tertiary/aromatic N) is 2. The molecular formula is C19H19FN4OS. The van der Waals surface area contributed by atoms with E-state index in [0.717, 1.165) is 11.4 Å². The number of nitrogens with one attached hydrogen (secondary N) is 2. The van der Waals surface area contributed by atoms with Gasteiger partial charge in [0.25, 0.3) is 0 Å². The van der Waals surface area contributed by atoms with Gasteiger partial charge in [0.05, 0.1) is 13.2 Å². The second kappa shape index (κ2) is 8.44. The fourth-order valence-corrected chi connectivity index (χ4v) is 2.62. The maximum Gasteiger partial charge on any atom is 0.176 e. The molecule has 1 aromatic heterocycles. The first-order valence-corrected chi connectivity index (χ1v) is 8.62. The first-order chi connectivity index (χ1) is 12.6. The van der Waals surface area contributed by atoms with Crippen molar-refractivity contribution in [3.8, 4) is 5.75 Å². The van der Waals surface area contributed by atoms with Crippen molar-refractivity contribution in [1.82, 2.24) is 9.78 Å². The zero-order valence-electron chi connectivity index (χ0n) is 14.3. The monoisotopic (exact) mass is 370 g/mol. The predicted octanol–water partition coefficient (Wildman–Crippen LogP) is 4.28. The molecule has 0 aliphatic heterocycles. The number of thiocarbonyl (C=S) groups is 1. The average molecular weight is 370 g/mol. The van der Waals surface area contributed by atoms with Gasteiger partial charge in [0.1, 0.15) is 11.6 Å². The largest absolute Gasteiger partial charge is 0.494 e. The van der Waals surface area contributed by atoms with E-state index in [0.29, 0.717) is 29.6 Å². The summed E-state index contributed by atoms with van der Waals surface area (Å²) in [5.74, 6) is 1.15. The van der Waals surface area contributed by atoms with E-state index in [1.54, 1.807) is 35.1 Å². The topological polar surface area (TPSA) is 51.1 Å². The molecule has 0 fully saturated rings. The molecule has 1 heterocycles.